The van der Waals surface area contributed by atoms with Gasteiger partial charge in [-0.15, -0.1) is 0 Å². The molecule has 53 heavy (non-hydrogen) atoms. The largest absolute Gasteiger partial charge is 0.311 e. The number of nitrogens with zero attached hydrogens (tertiary/aromatic N) is 2. The van der Waals surface area contributed by atoms with E-state index in [1.54, 1.807) is 0 Å². The average molecular weight is 689 g/mol. The molecule has 2 aliphatic rings. The maximum absolute atomic E-state index is 2.57. The van der Waals surface area contributed by atoms with Crippen LogP contribution >= 0.6 is 0 Å². The molecule has 7 aromatic rings. The number of benzene rings is 7. The molecule has 0 radical (unpaired) electrons. The molecule has 262 valence electrons. The zero-order valence-electron chi connectivity index (χ0n) is 32.7. The van der Waals surface area contributed by atoms with Crippen molar-refractivity contribution in [3.8, 4) is 0 Å². The third kappa shape index (κ3) is 5.47. The Kier molecular flexibility index (Phi) is 7.35. The molecule has 0 amide bonds. The van der Waals surface area contributed by atoms with Gasteiger partial charge in [0, 0.05) is 34.1 Å². The van der Waals surface area contributed by atoms with Gasteiger partial charge >= 0.3 is 0 Å². The molecule has 0 atom stereocenters. The molecule has 7 aromatic carbocycles. The maximum Gasteiger partial charge on any atom is 0.252 e. The van der Waals surface area contributed by atoms with Gasteiger partial charge in [0.25, 0.3) is 6.71 Å². The van der Waals surface area contributed by atoms with E-state index < -0.39 is 0 Å². The first-order chi connectivity index (χ1) is 25.2. The fourth-order valence-corrected chi connectivity index (χ4v) is 8.56. The minimum absolute atomic E-state index is 0.00386. The van der Waals surface area contributed by atoms with Crippen LogP contribution in [-0.4, -0.2) is 6.71 Å². The minimum atomic E-state index is -0.0716. The van der Waals surface area contributed by atoms with Crippen LogP contribution in [0.15, 0.2) is 133 Å². The lowest BCUT2D eigenvalue weighted by Gasteiger charge is -2.45. The number of hydrogen-bond acceptors (Lipinski definition) is 2. The molecule has 0 unspecified atom stereocenters. The highest BCUT2D eigenvalue weighted by Crippen LogP contribution is 2.47. The highest BCUT2D eigenvalue weighted by atomic mass is 15.2. The van der Waals surface area contributed by atoms with E-state index >= 15 is 0 Å². The summed E-state index contributed by atoms with van der Waals surface area (Å²) in [6.07, 6.45) is 0. The molecule has 0 aliphatic carbocycles. The smallest absolute Gasteiger partial charge is 0.252 e. The van der Waals surface area contributed by atoms with Crippen molar-refractivity contribution in [2.24, 2.45) is 0 Å². The predicted molar refractivity (Wildman–Crippen MR) is 232 cm³/mol. The van der Waals surface area contributed by atoms with Crippen LogP contribution < -0.4 is 26.2 Å². The van der Waals surface area contributed by atoms with Gasteiger partial charge in [0.15, 0.2) is 0 Å². The Morgan fingerprint density at radius 1 is 0.358 bits per heavy atom. The maximum atomic E-state index is 2.57. The Balaban J connectivity index is 1.43. The van der Waals surface area contributed by atoms with Crippen molar-refractivity contribution in [3.63, 3.8) is 0 Å². The normalized spacial score (nSPS) is 14.0. The molecule has 9 rings (SSSR count). The van der Waals surface area contributed by atoms with Crippen LogP contribution in [0.3, 0.4) is 0 Å². The van der Waals surface area contributed by atoms with Gasteiger partial charge in [0.05, 0.1) is 0 Å². The Bertz CT molecular complexity index is 2420. The van der Waals surface area contributed by atoms with Crippen LogP contribution in [0.4, 0.5) is 34.1 Å². The lowest BCUT2D eigenvalue weighted by molar-refractivity contribution is 0.590. The van der Waals surface area contributed by atoms with Crippen molar-refractivity contribution in [1.82, 2.24) is 0 Å². The van der Waals surface area contributed by atoms with Crippen LogP contribution in [0.5, 0.6) is 0 Å². The molecule has 0 bridgehead atoms. The first kappa shape index (κ1) is 33.6. The van der Waals surface area contributed by atoms with Crippen LogP contribution in [0.1, 0.15) is 79.0 Å². The van der Waals surface area contributed by atoms with Crippen molar-refractivity contribution >= 4 is 78.8 Å². The molecule has 2 nitrogen and oxygen atoms in total. The Morgan fingerprint density at radius 2 is 0.755 bits per heavy atom. The summed E-state index contributed by atoms with van der Waals surface area (Å²) in [5.74, 6) is 0. The van der Waals surface area contributed by atoms with E-state index in [9.17, 15) is 0 Å². The molecule has 0 saturated carbocycles. The van der Waals surface area contributed by atoms with E-state index in [0.717, 1.165) is 0 Å². The molecule has 0 fully saturated rings. The zero-order valence-corrected chi connectivity index (χ0v) is 32.7. The average Bonchev–Trinajstić information content (AvgIpc) is 3.12. The second kappa shape index (κ2) is 11.6. The van der Waals surface area contributed by atoms with Gasteiger partial charge in [0.2, 0.25) is 0 Å². The quantitative estimate of drug-likeness (QED) is 0.167. The van der Waals surface area contributed by atoms with Gasteiger partial charge in [-0.2, -0.15) is 0 Å². The van der Waals surface area contributed by atoms with E-state index in [0.29, 0.717) is 0 Å². The molecular formula is C50H49BN2. The summed E-state index contributed by atoms with van der Waals surface area (Å²) in [6.45, 7) is 21.1. The van der Waals surface area contributed by atoms with Gasteiger partial charge in [-0.25, -0.2) is 0 Å². The van der Waals surface area contributed by atoms with E-state index in [-0.39, 0.29) is 23.0 Å². The van der Waals surface area contributed by atoms with Gasteiger partial charge in [0.1, 0.15) is 0 Å². The SMILES string of the molecule is CC(C)(C)c1ccc2c(c1)B1c3cc(C(C)(C)C)ccc3N(c3ccc4ccccc4c3)c3cc(C(C)(C)C)cc(c31)N2c1ccc2ccccc2c1. The lowest BCUT2D eigenvalue weighted by Crippen LogP contribution is -2.61. The molecule has 0 spiro atoms. The van der Waals surface area contributed by atoms with Crippen molar-refractivity contribution < 1.29 is 0 Å². The highest BCUT2D eigenvalue weighted by Gasteiger charge is 2.45. The van der Waals surface area contributed by atoms with Gasteiger partial charge in [-0.1, -0.05) is 147 Å². The Hall–Kier alpha value is -5.28. The summed E-state index contributed by atoms with van der Waals surface area (Å²) in [5.41, 5.74) is 15.5. The standard InChI is InChI=1S/C50H49BN2/c1-48(2,3)36-20-24-43-41(28-36)51-42-29-37(49(4,5)6)21-25-44(42)53(40-23-19-33-15-11-13-17-35(33)27-40)46-31-38(50(7,8)9)30-45(47(46)51)52(43)39-22-18-32-14-10-12-16-34(32)26-39/h10-31H,1-9H3. The van der Waals surface area contributed by atoms with Crippen molar-refractivity contribution in [1.29, 1.82) is 0 Å². The summed E-state index contributed by atoms with van der Waals surface area (Å²) in [5, 5.41) is 5.01. The molecule has 0 N–H and O–H groups in total. The van der Waals surface area contributed by atoms with E-state index in [1.807, 2.05) is 0 Å². The van der Waals surface area contributed by atoms with Crippen LogP contribution in [0, 0.1) is 0 Å². The lowest BCUT2D eigenvalue weighted by atomic mass is 9.33. The van der Waals surface area contributed by atoms with E-state index in [4.69, 9.17) is 0 Å². The summed E-state index contributed by atoms with van der Waals surface area (Å²) >= 11 is 0. The van der Waals surface area contributed by atoms with Crippen molar-refractivity contribution in [2.75, 3.05) is 9.80 Å². The van der Waals surface area contributed by atoms with Crippen molar-refractivity contribution in [3.05, 3.63) is 150 Å². The minimum Gasteiger partial charge on any atom is -0.311 e. The number of anilines is 6. The molecule has 3 heteroatoms. The third-order valence-electron chi connectivity index (χ3n) is 11.6. The second-order valence-electron chi connectivity index (χ2n) is 18.4. The zero-order chi connectivity index (χ0) is 37.0. The van der Waals surface area contributed by atoms with Crippen LogP contribution in [0.2, 0.25) is 0 Å². The topological polar surface area (TPSA) is 6.48 Å². The Morgan fingerprint density at radius 3 is 1.15 bits per heavy atom. The first-order valence-electron chi connectivity index (χ1n) is 19.2. The highest BCUT2D eigenvalue weighted by molar-refractivity contribution is 7.00. The van der Waals surface area contributed by atoms with Crippen molar-refractivity contribution in [2.45, 2.75) is 78.6 Å². The summed E-state index contributed by atoms with van der Waals surface area (Å²) < 4.78 is 0. The molecule has 0 saturated heterocycles. The number of hydrogen-bond donors (Lipinski definition) is 0. The molecule has 0 aromatic heterocycles. The van der Waals surface area contributed by atoms with Crippen LogP contribution in [-0.2, 0) is 16.2 Å². The first-order valence-corrected chi connectivity index (χ1v) is 19.2. The fraction of sp³-hybridized carbons (Fsp3) is 0.240. The molecular weight excluding hydrogens is 639 g/mol. The van der Waals surface area contributed by atoms with E-state index in [1.165, 1.54) is 88.7 Å². The van der Waals surface area contributed by atoms with Crippen LogP contribution in [0.25, 0.3) is 21.5 Å². The predicted octanol–water partition coefficient (Wildman–Crippen LogP) is 12.0. The third-order valence-corrected chi connectivity index (χ3v) is 11.6. The van der Waals surface area contributed by atoms with Gasteiger partial charge < -0.3 is 9.80 Å². The summed E-state index contributed by atoms with van der Waals surface area (Å²) in [6, 6.07) is 51.0. The number of rotatable bonds is 2. The second-order valence-corrected chi connectivity index (χ2v) is 18.4. The fourth-order valence-electron chi connectivity index (χ4n) is 8.56. The van der Waals surface area contributed by atoms with E-state index in [2.05, 4.69) is 206 Å². The molecule has 2 aliphatic heterocycles. The Labute approximate surface area is 316 Å². The monoisotopic (exact) mass is 688 g/mol. The van der Waals surface area contributed by atoms with Gasteiger partial charge in [-0.05, 0) is 119 Å². The number of fused-ring (bicyclic) bond motifs is 6. The summed E-state index contributed by atoms with van der Waals surface area (Å²) in [7, 11) is 0. The van der Waals surface area contributed by atoms with Gasteiger partial charge in [-0.3, -0.25) is 0 Å². The molecule has 2 heterocycles. The summed E-state index contributed by atoms with van der Waals surface area (Å²) in [4.78, 5) is 5.13.